The van der Waals surface area contributed by atoms with Gasteiger partial charge in [-0.3, -0.25) is 4.79 Å². The first-order valence-electron chi connectivity index (χ1n) is 6.25. The fourth-order valence-electron chi connectivity index (χ4n) is 2.15. The molecule has 1 fully saturated rings. The number of benzene rings is 1. The third-order valence-electron chi connectivity index (χ3n) is 3.15. The molecule has 0 N–H and O–H groups in total. The molecule has 5 heteroatoms. The van der Waals surface area contributed by atoms with Gasteiger partial charge in [-0.05, 0) is 48.4 Å². The molecule has 0 bridgehead atoms. The molecule has 98 valence electrons. The zero-order valence-corrected chi connectivity index (χ0v) is 11.9. The standard InChI is InChI=1S/C14H13ClN2OS/c15-11-5-3-10(4-6-11)9-12-13(18)16-14(19-12)17-7-1-2-8-17/h3-6,9H,1-2,7-8H2/b12-9-. The van der Waals surface area contributed by atoms with Crippen molar-refractivity contribution in [3.8, 4) is 0 Å². The van der Waals surface area contributed by atoms with Gasteiger partial charge >= 0.3 is 0 Å². The molecule has 2 aliphatic heterocycles. The SMILES string of the molecule is O=C1N=C(N2CCCC2)S/C1=C\c1ccc(Cl)cc1. The van der Waals surface area contributed by atoms with E-state index in [2.05, 4.69) is 9.89 Å². The highest BCUT2D eigenvalue weighted by molar-refractivity contribution is 8.18. The van der Waals surface area contributed by atoms with Crippen LogP contribution in [0.5, 0.6) is 0 Å². The number of halogens is 1. The number of rotatable bonds is 1. The van der Waals surface area contributed by atoms with Crippen LogP contribution < -0.4 is 0 Å². The van der Waals surface area contributed by atoms with Crippen molar-refractivity contribution in [3.05, 3.63) is 39.8 Å². The summed E-state index contributed by atoms with van der Waals surface area (Å²) in [6, 6.07) is 7.44. The molecular weight excluding hydrogens is 280 g/mol. The second-order valence-electron chi connectivity index (χ2n) is 4.56. The van der Waals surface area contributed by atoms with Gasteiger partial charge in [0.2, 0.25) is 0 Å². The minimum atomic E-state index is -0.137. The highest BCUT2D eigenvalue weighted by Gasteiger charge is 2.27. The molecule has 0 aliphatic carbocycles. The predicted octanol–water partition coefficient (Wildman–Crippen LogP) is 3.41. The molecule has 0 saturated carbocycles. The predicted molar refractivity (Wildman–Crippen MR) is 80.3 cm³/mol. The summed E-state index contributed by atoms with van der Waals surface area (Å²) in [6.45, 7) is 2.01. The van der Waals surface area contributed by atoms with Crippen LogP contribution in [0, 0.1) is 0 Å². The molecule has 3 rings (SSSR count). The van der Waals surface area contributed by atoms with Gasteiger partial charge in [0.05, 0.1) is 4.91 Å². The lowest BCUT2D eigenvalue weighted by atomic mass is 10.2. The van der Waals surface area contributed by atoms with Crippen molar-refractivity contribution < 1.29 is 4.79 Å². The van der Waals surface area contributed by atoms with Gasteiger partial charge in [-0.15, -0.1) is 0 Å². The number of hydrogen-bond acceptors (Lipinski definition) is 3. The maximum atomic E-state index is 11.9. The summed E-state index contributed by atoms with van der Waals surface area (Å²) in [5.74, 6) is -0.137. The van der Waals surface area contributed by atoms with E-state index in [1.54, 1.807) is 0 Å². The van der Waals surface area contributed by atoms with Crippen molar-refractivity contribution in [3.63, 3.8) is 0 Å². The molecule has 0 unspecified atom stereocenters. The Kier molecular flexibility index (Phi) is 3.62. The van der Waals surface area contributed by atoms with Gasteiger partial charge in [0.15, 0.2) is 5.17 Å². The number of likely N-dealkylation sites (tertiary alicyclic amines) is 1. The number of thioether (sulfide) groups is 1. The molecule has 1 aromatic rings. The number of carbonyl (C=O) groups is 1. The second-order valence-corrected chi connectivity index (χ2v) is 6.00. The number of aliphatic imine (C=N–C) groups is 1. The van der Waals surface area contributed by atoms with E-state index in [0.717, 1.165) is 23.8 Å². The largest absolute Gasteiger partial charge is 0.351 e. The minimum absolute atomic E-state index is 0.137. The fourth-order valence-corrected chi connectivity index (χ4v) is 3.24. The summed E-state index contributed by atoms with van der Waals surface area (Å²) in [7, 11) is 0. The summed E-state index contributed by atoms with van der Waals surface area (Å²) < 4.78 is 0. The summed E-state index contributed by atoms with van der Waals surface area (Å²) in [6.07, 6.45) is 4.24. The highest BCUT2D eigenvalue weighted by atomic mass is 35.5. The van der Waals surface area contributed by atoms with E-state index in [4.69, 9.17) is 11.6 Å². The lowest BCUT2D eigenvalue weighted by Gasteiger charge is -2.14. The van der Waals surface area contributed by atoms with Crippen LogP contribution in [0.3, 0.4) is 0 Å². The van der Waals surface area contributed by atoms with Crippen LogP contribution >= 0.6 is 23.4 Å². The first-order chi connectivity index (χ1) is 9.22. The number of amidine groups is 1. The van der Waals surface area contributed by atoms with Gasteiger partial charge in [0, 0.05) is 18.1 Å². The maximum Gasteiger partial charge on any atom is 0.286 e. The number of nitrogens with zero attached hydrogens (tertiary/aromatic N) is 2. The molecule has 2 aliphatic rings. The van der Waals surface area contributed by atoms with E-state index in [1.165, 1.54) is 24.6 Å². The zero-order valence-electron chi connectivity index (χ0n) is 10.3. The lowest BCUT2D eigenvalue weighted by Crippen LogP contribution is -2.23. The van der Waals surface area contributed by atoms with Crippen molar-refractivity contribution >= 4 is 40.5 Å². The smallest absolute Gasteiger partial charge is 0.286 e. The van der Waals surface area contributed by atoms with E-state index < -0.39 is 0 Å². The average molecular weight is 293 g/mol. The van der Waals surface area contributed by atoms with Crippen LogP contribution in [-0.2, 0) is 4.79 Å². The molecule has 0 radical (unpaired) electrons. The first-order valence-corrected chi connectivity index (χ1v) is 7.45. The Morgan fingerprint density at radius 3 is 2.58 bits per heavy atom. The van der Waals surface area contributed by atoms with Gasteiger partial charge in [-0.25, -0.2) is 0 Å². The van der Waals surface area contributed by atoms with Crippen molar-refractivity contribution in [1.82, 2.24) is 4.90 Å². The Bertz CT molecular complexity index is 559. The zero-order chi connectivity index (χ0) is 13.2. The van der Waals surface area contributed by atoms with Crippen LogP contribution in [0.1, 0.15) is 18.4 Å². The Morgan fingerprint density at radius 1 is 1.21 bits per heavy atom. The lowest BCUT2D eigenvalue weighted by molar-refractivity contribution is -0.113. The van der Waals surface area contributed by atoms with Gasteiger partial charge in [-0.1, -0.05) is 23.7 Å². The summed E-state index contributed by atoms with van der Waals surface area (Å²) in [5, 5.41) is 1.55. The molecule has 1 amide bonds. The van der Waals surface area contributed by atoms with Crippen LogP contribution in [0.15, 0.2) is 34.2 Å². The van der Waals surface area contributed by atoms with E-state index in [1.807, 2.05) is 30.3 Å². The molecule has 2 heterocycles. The van der Waals surface area contributed by atoms with Gasteiger partial charge in [0.1, 0.15) is 0 Å². The Hall–Kier alpha value is -1.26. The maximum absolute atomic E-state index is 11.9. The van der Waals surface area contributed by atoms with Crippen molar-refractivity contribution in [2.24, 2.45) is 4.99 Å². The molecular formula is C14H13ClN2OS. The van der Waals surface area contributed by atoms with Crippen LogP contribution in [0.2, 0.25) is 5.02 Å². The Labute approximate surface area is 121 Å². The van der Waals surface area contributed by atoms with E-state index in [-0.39, 0.29) is 5.91 Å². The van der Waals surface area contributed by atoms with Gasteiger partial charge in [-0.2, -0.15) is 4.99 Å². The molecule has 0 aromatic heterocycles. The minimum Gasteiger partial charge on any atom is -0.351 e. The Morgan fingerprint density at radius 2 is 1.89 bits per heavy atom. The van der Waals surface area contributed by atoms with Gasteiger partial charge < -0.3 is 4.90 Å². The topological polar surface area (TPSA) is 32.7 Å². The summed E-state index contributed by atoms with van der Waals surface area (Å²) >= 11 is 7.31. The molecule has 1 saturated heterocycles. The van der Waals surface area contributed by atoms with Gasteiger partial charge in [0.25, 0.3) is 5.91 Å². The molecule has 0 spiro atoms. The van der Waals surface area contributed by atoms with Crippen molar-refractivity contribution in [1.29, 1.82) is 0 Å². The Balaban J connectivity index is 1.77. The molecule has 19 heavy (non-hydrogen) atoms. The number of carbonyl (C=O) groups excluding carboxylic acids is 1. The normalized spacial score (nSPS) is 21.3. The molecule has 0 atom stereocenters. The second kappa shape index (κ2) is 5.39. The van der Waals surface area contributed by atoms with Crippen LogP contribution in [0.25, 0.3) is 6.08 Å². The van der Waals surface area contributed by atoms with E-state index in [9.17, 15) is 4.79 Å². The van der Waals surface area contributed by atoms with Crippen LogP contribution in [-0.4, -0.2) is 29.1 Å². The van der Waals surface area contributed by atoms with E-state index in [0.29, 0.717) is 9.93 Å². The highest BCUT2D eigenvalue weighted by Crippen LogP contribution is 2.31. The van der Waals surface area contributed by atoms with E-state index >= 15 is 0 Å². The number of hydrogen-bond donors (Lipinski definition) is 0. The summed E-state index contributed by atoms with van der Waals surface area (Å²) in [5.41, 5.74) is 0.970. The van der Waals surface area contributed by atoms with Crippen molar-refractivity contribution in [2.45, 2.75) is 12.8 Å². The third kappa shape index (κ3) is 2.85. The number of amides is 1. The third-order valence-corrected chi connectivity index (χ3v) is 4.45. The molecule has 1 aromatic carbocycles. The summed E-state index contributed by atoms with van der Waals surface area (Å²) in [4.78, 5) is 18.9. The van der Waals surface area contributed by atoms with Crippen molar-refractivity contribution in [2.75, 3.05) is 13.1 Å². The van der Waals surface area contributed by atoms with Crippen LogP contribution in [0.4, 0.5) is 0 Å². The fraction of sp³-hybridized carbons (Fsp3) is 0.286. The molecule has 3 nitrogen and oxygen atoms in total. The monoisotopic (exact) mass is 292 g/mol. The quantitative estimate of drug-likeness (QED) is 0.744. The first kappa shape index (κ1) is 12.8. The average Bonchev–Trinajstić information content (AvgIpc) is 3.03.